The molecule has 0 saturated heterocycles. The number of carbonyl (C=O) groups is 3. The monoisotopic (exact) mass is 835 g/mol. The first-order valence-corrected chi connectivity index (χ1v) is 26.2. The number of ether oxygens (including phenoxy) is 3. The Morgan fingerprint density at radius 3 is 0.831 bits per heavy atom. The zero-order valence-electron chi connectivity index (χ0n) is 40.4. The van der Waals surface area contributed by atoms with Crippen LogP contribution in [0.25, 0.3) is 0 Å². The average molecular weight is 835 g/mol. The highest BCUT2D eigenvalue weighted by molar-refractivity contribution is 5.71. The van der Waals surface area contributed by atoms with Crippen molar-refractivity contribution >= 4 is 17.9 Å². The van der Waals surface area contributed by atoms with Gasteiger partial charge in [0.1, 0.15) is 13.2 Å². The van der Waals surface area contributed by atoms with Gasteiger partial charge >= 0.3 is 17.9 Å². The van der Waals surface area contributed by atoms with E-state index in [1.807, 2.05) is 0 Å². The number of esters is 3. The summed E-state index contributed by atoms with van der Waals surface area (Å²) >= 11 is 0. The minimum Gasteiger partial charge on any atom is -0.462 e. The Labute approximate surface area is 368 Å². The zero-order valence-corrected chi connectivity index (χ0v) is 40.4. The van der Waals surface area contributed by atoms with Crippen molar-refractivity contribution in [2.45, 2.75) is 298 Å². The summed E-state index contributed by atoms with van der Waals surface area (Å²) in [5.74, 6) is 0.792. The highest BCUT2D eigenvalue weighted by Crippen LogP contribution is 2.17. The maximum Gasteiger partial charge on any atom is 0.306 e. The molecule has 0 rings (SSSR count). The van der Waals surface area contributed by atoms with Crippen molar-refractivity contribution in [3.05, 3.63) is 0 Å². The van der Waals surface area contributed by atoms with E-state index >= 15 is 0 Å². The molecule has 0 saturated carbocycles. The van der Waals surface area contributed by atoms with Crippen LogP contribution in [0.3, 0.4) is 0 Å². The largest absolute Gasteiger partial charge is 0.462 e. The Morgan fingerprint density at radius 1 is 0.322 bits per heavy atom. The molecular weight excluding hydrogens is 733 g/mol. The van der Waals surface area contributed by atoms with Crippen molar-refractivity contribution in [3.63, 3.8) is 0 Å². The summed E-state index contributed by atoms with van der Waals surface area (Å²) in [6.07, 6.45) is 46.6. The molecule has 350 valence electrons. The standard InChI is InChI=1S/C53H102O6/c1-6-7-8-9-10-11-12-13-14-18-23-28-33-38-43-51(54)57-46-50(59-53(56)45-40-35-30-25-20-22-27-32-37-42-49(4)5)47-58-52(55)44-39-34-29-24-19-16-15-17-21-26-31-36-41-48(2)3/h48-50H,6-47H2,1-5H3/t50-/m1/s1. The van der Waals surface area contributed by atoms with E-state index in [0.717, 1.165) is 69.6 Å². The lowest BCUT2D eigenvalue weighted by Crippen LogP contribution is -2.30. The van der Waals surface area contributed by atoms with E-state index in [2.05, 4.69) is 34.6 Å². The number of carbonyl (C=O) groups excluding carboxylic acids is 3. The van der Waals surface area contributed by atoms with Crippen LogP contribution in [0.1, 0.15) is 291 Å². The molecular formula is C53H102O6. The van der Waals surface area contributed by atoms with Gasteiger partial charge in [0.2, 0.25) is 0 Å². The minimum atomic E-state index is -0.762. The second-order valence-corrected chi connectivity index (χ2v) is 19.1. The molecule has 0 aliphatic heterocycles. The van der Waals surface area contributed by atoms with Gasteiger partial charge in [0, 0.05) is 19.3 Å². The molecule has 0 spiro atoms. The topological polar surface area (TPSA) is 78.9 Å². The van der Waals surface area contributed by atoms with E-state index in [1.54, 1.807) is 0 Å². The molecule has 0 fully saturated rings. The summed E-state index contributed by atoms with van der Waals surface area (Å²) < 4.78 is 16.8. The van der Waals surface area contributed by atoms with Gasteiger partial charge in [0.05, 0.1) is 0 Å². The normalized spacial score (nSPS) is 12.1. The molecule has 0 N–H and O–H groups in total. The van der Waals surface area contributed by atoms with E-state index in [1.165, 1.54) is 180 Å². The Hall–Kier alpha value is -1.59. The quantitative estimate of drug-likeness (QED) is 0.0345. The van der Waals surface area contributed by atoms with Crippen molar-refractivity contribution < 1.29 is 28.6 Å². The zero-order chi connectivity index (χ0) is 43.3. The van der Waals surface area contributed by atoms with Crippen LogP contribution in [-0.2, 0) is 28.6 Å². The van der Waals surface area contributed by atoms with Crippen LogP contribution in [0.4, 0.5) is 0 Å². The van der Waals surface area contributed by atoms with E-state index < -0.39 is 6.10 Å². The average Bonchev–Trinajstić information content (AvgIpc) is 3.20. The number of unbranched alkanes of at least 4 members (excludes halogenated alkanes) is 32. The van der Waals surface area contributed by atoms with Crippen LogP contribution in [-0.4, -0.2) is 37.2 Å². The fraction of sp³-hybridized carbons (Fsp3) is 0.943. The summed E-state index contributed by atoms with van der Waals surface area (Å²) in [4.78, 5) is 37.9. The molecule has 0 heterocycles. The Balaban J connectivity index is 4.30. The molecule has 0 aromatic carbocycles. The smallest absolute Gasteiger partial charge is 0.306 e. The lowest BCUT2D eigenvalue weighted by atomic mass is 10.0. The van der Waals surface area contributed by atoms with Crippen LogP contribution in [0, 0.1) is 11.8 Å². The second-order valence-electron chi connectivity index (χ2n) is 19.1. The predicted molar refractivity (Wildman–Crippen MR) is 252 cm³/mol. The lowest BCUT2D eigenvalue weighted by molar-refractivity contribution is -0.167. The van der Waals surface area contributed by atoms with Crippen molar-refractivity contribution in [2.24, 2.45) is 11.8 Å². The number of hydrogen-bond acceptors (Lipinski definition) is 6. The third kappa shape index (κ3) is 47.3. The molecule has 0 aliphatic rings. The van der Waals surface area contributed by atoms with Gasteiger partial charge in [-0.3, -0.25) is 14.4 Å². The molecule has 0 bridgehead atoms. The summed E-state index contributed by atoms with van der Waals surface area (Å²) in [6.45, 7) is 11.4. The van der Waals surface area contributed by atoms with Gasteiger partial charge < -0.3 is 14.2 Å². The Bertz CT molecular complexity index is 900. The Kier molecular flexibility index (Phi) is 44.7. The Morgan fingerprint density at radius 2 is 0.559 bits per heavy atom. The fourth-order valence-electron chi connectivity index (χ4n) is 7.99. The molecule has 0 radical (unpaired) electrons. The van der Waals surface area contributed by atoms with Gasteiger partial charge in [0.25, 0.3) is 0 Å². The van der Waals surface area contributed by atoms with Crippen LogP contribution in [0.15, 0.2) is 0 Å². The van der Waals surface area contributed by atoms with Gasteiger partial charge in [-0.05, 0) is 31.1 Å². The summed E-state index contributed by atoms with van der Waals surface area (Å²) in [5.41, 5.74) is 0. The number of hydrogen-bond donors (Lipinski definition) is 0. The molecule has 0 unspecified atom stereocenters. The maximum atomic E-state index is 12.8. The van der Waals surface area contributed by atoms with Crippen molar-refractivity contribution in [1.29, 1.82) is 0 Å². The molecule has 6 nitrogen and oxygen atoms in total. The summed E-state index contributed by atoms with van der Waals surface area (Å²) in [5, 5.41) is 0. The van der Waals surface area contributed by atoms with E-state index in [-0.39, 0.29) is 31.1 Å². The van der Waals surface area contributed by atoms with Crippen LogP contribution < -0.4 is 0 Å². The summed E-state index contributed by atoms with van der Waals surface area (Å²) in [7, 11) is 0. The van der Waals surface area contributed by atoms with Gasteiger partial charge in [-0.2, -0.15) is 0 Å². The van der Waals surface area contributed by atoms with E-state index in [4.69, 9.17) is 14.2 Å². The van der Waals surface area contributed by atoms with Crippen molar-refractivity contribution in [2.75, 3.05) is 13.2 Å². The maximum absolute atomic E-state index is 12.8. The third-order valence-electron chi connectivity index (χ3n) is 12.0. The summed E-state index contributed by atoms with van der Waals surface area (Å²) in [6, 6.07) is 0. The van der Waals surface area contributed by atoms with Gasteiger partial charge in [-0.15, -0.1) is 0 Å². The van der Waals surface area contributed by atoms with E-state index in [9.17, 15) is 14.4 Å². The first-order chi connectivity index (χ1) is 28.7. The highest BCUT2D eigenvalue weighted by Gasteiger charge is 2.19. The molecule has 0 aromatic heterocycles. The minimum absolute atomic E-state index is 0.0637. The molecule has 59 heavy (non-hydrogen) atoms. The van der Waals surface area contributed by atoms with Crippen LogP contribution in [0.5, 0.6) is 0 Å². The predicted octanol–water partition coefficient (Wildman–Crippen LogP) is 16.9. The van der Waals surface area contributed by atoms with Gasteiger partial charge in [-0.1, -0.05) is 253 Å². The SMILES string of the molecule is CCCCCCCCCCCCCCCCC(=O)OC[C@H](COC(=O)CCCCCCCCCCCCCCC(C)C)OC(=O)CCCCCCCCCCCC(C)C. The van der Waals surface area contributed by atoms with Crippen molar-refractivity contribution in [3.8, 4) is 0 Å². The third-order valence-corrected chi connectivity index (χ3v) is 12.0. The highest BCUT2D eigenvalue weighted by atomic mass is 16.6. The molecule has 0 amide bonds. The van der Waals surface area contributed by atoms with Crippen molar-refractivity contribution in [1.82, 2.24) is 0 Å². The van der Waals surface area contributed by atoms with E-state index in [0.29, 0.717) is 19.3 Å². The lowest BCUT2D eigenvalue weighted by Gasteiger charge is -2.18. The van der Waals surface area contributed by atoms with Gasteiger partial charge in [-0.25, -0.2) is 0 Å². The molecule has 6 heteroatoms. The molecule has 1 atom stereocenters. The van der Waals surface area contributed by atoms with Gasteiger partial charge in [0.15, 0.2) is 6.10 Å². The fourth-order valence-corrected chi connectivity index (χ4v) is 7.99. The molecule has 0 aromatic rings. The molecule has 0 aliphatic carbocycles. The first-order valence-electron chi connectivity index (χ1n) is 26.2. The first kappa shape index (κ1) is 57.4. The van der Waals surface area contributed by atoms with Crippen LogP contribution in [0.2, 0.25) is 0 Å². The second kappa shape index (κ2) is 45.9. The number of rotatable bonds is 47. The van der Waals surface area contributed by atoms with Crippen LogP contribution >= 0.6 is 0 Å².